The smallest absolute Gasteiger partial charge is 0.349 e. The van der Waals surface area contributed by atoms with Gasteiger partial charge >= 0.3 is 11.6 Å². The van der Waals surface area contributed by atoms with E-state index in [1.807, 2.05) is 0 Å². The van der Waals surface area contributed by atoms with Crippen molar-refractivity contribution in [2.75, 3.05) is 0 Å². The maximum Gasteiger partial charge on any atom is 0.349 e. The van der Waals surface area contributed by atoms with E-state index in [1.54, 1.807) is 0 Å². The molecule has 98 valence electrons. The van der Waals surface area contributed by atoms with Gasteiger partial charge < -0.3 is 4.74 Å². The van der Waals surface area contributed by atoms with Crippen molar-refractivity contribution in [2.45, 2.75) is 0 Å². The molecule has 0 radical (unpaired) electrons. The van der Waals surface area contributed by atoms with Crippen LogP contribution < -0.4 is 4.74 Å². The zero-order chi connectivity index (χ0) is 14.0. The molecule has 2 rings (SSSR count). The molecule has 0 saturated heterocycles. The number of halogens is 3. The SMILES string of the molecule is O=[N+]([O-])c1cnc(Cl)nc1Oc1cccc(Cl)c1F. The van der Waals surface area contributed by atoms with Crippen molar-refractivity contribution in [3.05, 3.63) is 50.6 Å². The van der Waals surface area contributed by atoms with Crippen molar-refractivity contribution in [1.29, 1.82) is 0 Å². The highest BCUT2D eigenvalue weighted by atomic mass is 35.5. The van der Waals surface area contributed by atoms with Gasteiger partial charge in [-0.2, -0.15) is 4.98 Å². The summed E-state index contributed by atoms with van der Waals surface area (Å²) in [6.45, 7) is 0. The van der Waals surface area contributed by atoms with Crippen LogP contribution in [0.1, 0.15) is 0 Å². The number of aromatic nitrogens is 2. The fourth-order valence-corrected chi connectivity index (χ4v) is 1.50. The van der Waals surface area contributed by atoms with E-state index in [2.05, 4.69) is 9.97 Å². The molecule has 1 aromatic carbocycles. The normalized spacial score (nSPS) is 10.3. The van der Waals surface area contributed by atoms with Crippen molar-refractivity contribution in [2.24, 2.45) is 0 Å². The fraction of sp³-hybridized carbons (Fsp3) is 0. The van der Waals surface area contributed by atoms with Gasteiger partial charge in [0.05, 0.1) is 9.95 Å². The van der Waals surface area contributed by atoms with Crippen LogP contribution in [0.5, 0.6) is 11.6 Å². The summed E-state index contributed by atoms with van der Waals surface area (Å²) in [4.78, 5) is 17.0. The minimum atomic E-state index is -0.854. The first-order chi connectivity index (χ1) is 8.99. The number of nitrogens with zero attached hydrogens (tertiary/aromatic N) is 3. The van der Waals surface area contributed by atoms with E-state index in [9.17, 15) is 14.5 Å². The first kappa shape index (κ1) is 13.4. The minimum absolute atomic E-state index is 0.180. The van der Waals surface area contributed by atoms with Gasteiger partial charge in [0.2, 0.25) is 5.28 Å². The molecule has 9 heteroatoms. The summed E-state index contributed by atoms with van der Waals surface area (Å²) in [5.74, 6) is -1.62. The highest BCUT2D eigenvalue weighted by molar-refractivity contribution is 6.30. The average molecular weight is 304 g/mol. The maximum atomic E-state index is 13.6. The molecule has 1 heterocycles. The van der Waals surface area contributed by atoms with Gasteiger partial charge in [-0.05, 0) is 23.7 Å². The highest BCUT2D eigenvalue weighted by Gasteiger charge is 2.21. The fourth-order valence-electron chi connectivity index (χ4n) is 1.21. The lowest BCUT2D eigenvalue weighted by atomic mass is 10.3. The minimum Gasteiger partial charge on any atom is -0.430 e. The predicted octanol–water partition coefficient (Wildman–Crippen LogP) is 3.62. The molecular formula is C10H4Cl2FN3O3. The Labute approximate surface area is 115 Å². The Kier molecular flexibility index (Phi) is 3.77. The van der Waals surface area contributed by atoms with E-state index < -0.39 is 22.3 Å². The molecule has 2 aromatic rings. The van der Waals surface area contributed by atoms with Crippen molar-refractivity contribution in [1.82, 2.24) is 9.97 Å². The molecule has 19 heavy (non-hydrogen) atoms. The average Bonchev–Trinajstić information content (AvgIpc) is 2.35. The van der Waals surface area contributed by atoms with Gasteiger partial charge in [0.15, 0.2) is 11.6 Å². The Bertz CT molecular complexity index is 654. The van der Waals surface area contributed by atoms with Crippen molar-refractivity contribution >= 4 is 28.9 Å². The van der Waals surface area contributed by atoms with E-state index in [0.717, 1.165) is 6.20 Å². The molecule has 0 bridgehead atoms. The summed E-state index contributed by atoms with van der Waals surface area (Å²) in [7, 11) is 0. The second-order valence-corrected chi connectivity index (χ2v) is 3.99. The van der Waals surface area contributed by atoms with Gasteiger partial charge in [-0.25, -0.2) is 9.37 Å². The molecule has 1 aromatic heterocycles. The molecule has 0 atom stereocenters. The number of nitro groups is 1. The first-order valence-electron chi connectivity index (χ1n) is 4.78. The van der Waals surface area contributed by atoms with Gasteiger partial charge in [0, 0.05) is 0 Å². The summed E-state index contributed by atoms with van der Waals surface area (Å²) in [5.41, 5.74) is -0.538. The molecule has 6 nitrogen and oxygen atoms in total. The maximum absolute atomic E-state index is 13.6. The zero-order valence-corrected chi connectivity index (χ0v) is 10.5. The van der Waals surface area contributed by atoms with E-state index in [0.29, 0.717) is 0 Å². The van der Waals surface area contributed by atoms with Crippen LogP contribution in [-0.4, -0.2) is 14.9 Å². The van der Waals surface area contributed by atoms with E-state index >= 15 is 0 Å². The summed E-state index contributed by atoms with van der Waals surface area (Å²) in [6, 6.07) is 3.99. The van der Waals surface area contributed by atoms with Gasteiger partial charge in [-0.15, -0.1) is 0 Å². The third kappa shape index (κ3) is 2.88. The van der Waals surface area contributed by atoms with E-state index in [1.165, 1.54) is 18.2 Å². The molecular weight excluding hydrogens is 300 g/mol. The summed E-state index contributed by atoms with van der Waals surface area (Å²) >= 11 is 11.1. The summed E-state index contributed by atoms with van der Waals surface area (Å²) in [6.07, 6.45) is 0.868. The predicted molar refractivity (Wildman–Crippen MR) is 65.2 cm³/mol. The van der Waals surface area contributed by atoms with Gasteiger partial charge in [-0.1, -0.05) is 17.7 Å². The molecule has 0 fully saturated rings. The van der Waals surface area contributed by atoms with Crippen LogP contribution in [0.25, 0.3) is 0 Å². The zero-order valence-electron chi connectivity index (χ0n) is 9.01. The quantitative estimate of drug-likeness (QED) is 0.491. The largest absolute Gasteiger partial charge is 0.430 e. The third-order valence-corrected chi connectivity index (χ3v) is 2.50. The Morgan fingerprint density at radius 2 is 2.11 bits per heavy atom. The molecule has 0 saturated carbocycles. The van der Waals surface area contributed by atoms with Crippen molar-refractivity contribution in [3.63, 3.8) is 0 Å². The molecule has 0 spiro atoms. The second kappa shape index (κ2) is 5.33. The number of hydrogen-bond acceptors (Lipinski definition) is 5. The van der Waals surface area contributed by atoms with Crippen LogP contribution in [-0.2, 0) is 0 Å². The Morgan fingerprint density at radius 1 is 1.37 bits per heavy atom. The molecule has 0 N–H and O–H groups in total. The van der Waals surface area contributed by atoms with Crippen LogP contribution in [0.4, 0.5) is 10.1 Å². The van der Waals surface area contributed by atoms with Crippen molar-refractivity contribution in [3.8, 4) is 11.6 Å². The summed E-state index contributed by atoms with van der Waals surface area (Å²) in [5, 5.41) is 10.3. The van der Waals surface area contributed by atoms with Gasteiger partial charge in [0.1, 0.15) is 6.20 Å². The van der Waals surface area contributed by atoms with Crippen LogP contribution in [0.2, 0.25) is 10.3 Å². The molecule has 0 amide bonds. The standard InChI is InChI=1S/C10H4Cl2FN3O3/c11-5-2-1-3-7(8(5)13)19-9-6(16(17)18)4-14-10(12)15-9/h1-4H. The van der Waals surface area contributed by atoms with Crippen LogP contribution in [0, 0.1) is 15.9 Å². The van der Waals surface area contributed by atoms with Crippen molar-refractivity contribution < 1.29 is 14.1 Å². The third-order valence-electron chi connectivity index (χ3n) is 2.03. The van der Waals surface area contributed by atoms with Gasteiger partial charge in [0.25, 0.3) is 0 Å². The molecule has 0 aliphatic carbocycles. The van der Waals surface area contributed by atoms with Crippen LogP contribution >= 0.6 is 23.2 Å². The Morgan fingerprint density at radius 3 is 2.79 bits per heavy atom. The number of ether oxygens (including phenoxy) is 1. The van der Waals surface area contributed by atoms with E-state index in [4.69, 9.17) is 27.9 Å². The highest BCUT2D eigenvalue weighted by Crippen LogP contribution is 2.32. The summed E-state index contributed by atoms with van der Waals surface area (Å²) < 4.78 is 18.6. The van der Waals surface area contributed by atoms with Crippen LogP contribution in [0.3, 0.4) is 0 Å². The molecule has 0 unspecified atom stereocenters. The lowest BCUT2D eigenvalue weighted by molar-refractivity contribution is -0.386. The number of hydrogen-bond donors (Lipinski definition) is 0. The molecule has 0 aliphatic heterocycles. The molecule has 0 aliphatic rings. The monoisotopic (exact) mass is 303 g/mol. The number of benzene rings is 1. The lowest BCUT2D eigenvalue weighted by Crippen LogP contribution is -1.99. The van der Waals surface area contributed by atoms with E-state index in [-0.39, 0.29) is 16.1 Å². The number of rotatable bonds is 3. The second-order valence-electron chi connectivity index (χ2n) is 3.24. The van der Waals surface area contributed by atoms with Crippen LogP contribution in [0.15, 0.2) is 24.4 Å². The Balaban J connectivity index is 2.45. The Hall–Kier alpha value is -1.99. The first-order valence-corrected chi connectivity index (χ1v) is 5.53. The topological polar surface area (TPSA) is 78.2 Å². The lowest BCUT2D eigenvalue weighted by Gasteiger charge is -2.06. The van der Waals surface area contributed by atoms with Gasteiger partial charge in [-0.3, -0.25) is 10.1 Å².